The highest BCUT2D eigenvalue weighted by Gasteiger charge is 2.30. The second-order valence-electron chi connectivity index (χ2n) is 6.70. The van der Waals surface area contributed by atoms with Crippen LogP contribution < -0.4 is 10.1 Å². The highest BCUT2D eigenvalue weighted by atomic mass is 16.5. The molecule has 0 fully saturated rings. The van der Waals surface area contributed by atoms with E-state index in [-0.39, 0.29) is 0 Å². The molecule has 0 bridgehead atoms. The number of allylic oxidation sites excluding steroid dienone is 2. The fourth-order valence-corrected chi connectivity index (χ4v) is 4.05. The molecule has 0 saturated heterocycles. The number of aromatic nitrogens is 1. The average molecular weight is 296 g/mol. The summed E-state index contributed by atoms with van der Waals surface area (Å²) in [5, 5.41) is 5.09. The average Bonchev–Trinajstić information content (AvgIpc) is 2.93. The third-order valence-corrected chi connectivity index (χ3v) is 5.35. The number of fused-ring (bicyclic) bond motifs is 3. The summed E-state index contributed by atoms with van der Waals surface area (Å²) in [6.45, 7) is 3.33. The molecule has 2 aliphatic rings. The van der Waals surface area contributed by atoms with Crippen LogP contribution in [0.25, 0.3) is 10.9 Å². The van der Waals surface area contributed by atoms with Gasteiger partial charge >= 0.3 is 0 Å². The maximum absolute atomic E-state index is 5.40. The Labute approximate surface area is 131 Å². The Balaban J connectivity index is 1.75. The Morgan fingerprint density at radius 1 is 1.23 bits per heavy atom. The number of hydrogen-bond donors (Lipinski definition) is 2. The maximum Gasteiger partial charge on any atom is 0.119 e. The number of aromatic amines is 1. The predicted molar refractivity (Wildman–Crippen MR) is 90.4 cm³/mol. The molecule has 2 N–H and O–H groups in total. The standard InChI is InChI=1S/C19H24N2O/c1-12-3-5-13(6-4-12)18-19-15(9-10-20-18)16-11-14(22-2)7-8-17(16)21-19/h3,7-8,11,13,18,20-21H,4-6,9-10H2,1-2H3/t13-,18+/m1/s1. The van der Waals surface area contributed by atoms with Gasteiger partial charge in [-0.15, -0.1) is 0 Å². The first-order valence-electron chi connectivity index (χ1n) is 8.34. The maximum atomic E-state index is 5.40. The molecule has 1 aromatic heterocycles. The zero-order valence-corrected chi connectivity index (χ0v) is 13.4. The van der Waals surface area contributed by atoms with Crippen molar-refractivity contribution >= 4 is 10.9 Å². The van der Waals surface area contributed by atoms with Crippen molar-refractivity contribution in [3.05, 3.63) is 41.1 Å². The molecule has 1 aliphatic carbocycles. The number of nitrogens with one attached hydrogen (secondary N) is 2. The first-order valence-corrected chi connectivity index (χ1v) is 8.34. The summed E-state index contributed by atoms with van der Waals surface area (Å²) in [6, 6.07) is 6.83. The molecule has 22 heavy (non-hydrogen) atoms. The van der Waals surface area contributed by atoms with E-state index in [2.05, 4.69) is 35.4 Å². The Morgan fingerprint density at radius 2 is 2.14 bits per heavy atom. The van der Waals surface area contributed by atoms with Crippen molar-refractivity contribution < 1.29 is 4.74 Å². The van der Waals surface area contributed by atoms with Gasteiger partial charge in [-0.3, -0.25) is 0 Å². The van der Waals surface area contributed by atoms with E-state index in [0.717, 1.165) is 18.7 Å². The molecule has 116 valence electrons. The number of ether oxygens (including phenoxy) is 1. The molecule has 0 unspecified atom stereocenters. The van der Waals surface area contributed by atoms with Crippen LogP contribution in [0.3, 0.4) is 0 Å². The van der Waals surface area contributed by atoms with E-state index in [0.29, 0.717) is 12.0 Å². The fourth-order valence-electron chi connectivity index (χ4n) is 4.05. The summed E-state index contributed by atoms with van der Waals surface area (Å²) in [6.07, 6.45) is 7.25. The van der Waals surface area contributed by atoms with Crippen LogP contribution in [0.4, 0.5) is 0 Å². The van der Waals surface area contributed by atoms with Gasteiger partial charge in [-0.1, -0.05) is 11.6 Å². The Hall–Kier alpha value is -1.74. The van der Waals surface area contributed by atoms with Crippen molar-refractivity contribution in [2.75, 3.05) is 13.7 Å². The van der Waals surface area contributed by atoms with Crippen LogP contribution in [0.2, 0.25) is 0 Å². The zero-order chi connectivity index (χ0) is 15.1. The van der Waals surface area contributed by atoms with Gasteiger partial charge in [0.2, 0.25) is 0 Å². The lowest BCUT2D eigenvalue weighted by Crippen LogP contribution is -2.35. The van der Waals surface area contributed by atoms with E-state index < -0.39 is 0 Å². The highest BCUT2D eigenvalue weighted by Crippen LogP contribution is 2.39. The van der Waals surface area contributed by atoms with Crippen LogP contribution in [0.1, 0.15) is 43.5 Å². The number of hydrogen-bond acceptors (Lipinski definition) is 2. The molecule has 2 heterocycles. The summed E-state index contributed by atoms with van der Waals surface area (Å²) in [7, 11) is 1.74. The van der Waals surface area contributed by atoms with Crippen LogP contribution in [-0.4, -0.2) is 18.6 Å². The molecule has 1 aromatic carbocycles. The van der Waals surface area contributed by atoms with E-state index in [4.69, 9.17) is 4.74 Å². The lowest BCUT2D eigenvalue weighted by Gasteiger charge is -2.33. The van der Waals surface area contributed by atoms with Gasteiger partial charge in [0.25, 0.3) is 0 Å². The van der Waals surface area contributed by atoms with Crippen molar-refractivity contribution in [3.63, 3.8) is 0 Å². The summed E-state index contributed by atoms with van der Waals surface area (Å²) in [5.41, 5.74) is 5.69. The Morgan fingerprint density at radius 3 is 2.91 bits per heavy atom. The van der Waals surface area contributed by atoms with E-state index in [1.165, 1.54) is 41.4 Å². The lowest BCUT2D eigenvalue weighted by atomic mass is 9.81. The molecule has 2 aromatic rings. The molecular formula is C19H24N2O. The lowest BCUT2D eigenvalue weighted by molar-refractivity contribution is 0.317. The topological polar surface area (TPSA) is 37.0 Å². The van der Waals surface area contributed by atoms with E-state index >= 15 is 0 Å². The second-order valence-corrected chi connectivity index (χ2v) is 6.70. The number of benzene rings is 1. The van der Waals surface area contributed by atoms with Crippen LogP contribution in [0.15, 0.2) is 29.8 Å². The van der Waals surface area contributed by atoms with Crippen LogP contribution in [0.5, 0.6) is 5.75 Å². The van der Waals surface area contributed by atoms with Crippen LogP contribution >= 0.6 is 0 Å². The zero-order valence-electron chi connectivity index (χ0n) is 13.4. The molecule has 3 nitrogen and oxygen atoms in total. The quantitative estimate of drug-likeness (QED) is 0.818. The van der Waals surface area contributed by atoms with Gasteiger partial charge in [0.1, 0.15) is 5.75 Å². The van der Waals surface area contributed by atoms with Crippen molar-refractivity contribution in [2.45, 2.75) is 38.6 Å². The van der Waals surface area contributed by atoms with Crippen LogP contribution in [-0.2, 0) is 6.42 Å². The predicted octanol–water partition coefficient (Wildman–Crippen LogP) is 4.11. The number of H-pyrrole nitrogens is 1. The highest BCUT2D eigenvalue weighted by molar-refractivity contribution is 5.86. The molecule has 0 radical (unpaired) electrons. The molecule has 0 spiro atoms. The minimum Gasteiger partial charge on any atom is -0.497 e. The molecule has 3 heteroatoms. The van der Waals surface area contributed by atoms with Gasteiger partial charge in [0, 0.05) is 16.6 Å². The molecular weight excluding hydrogens is 272 g/mol. The third-order valence-electron chi connectivity index (χ3n) is 5.35. The van der Waals surface area contributed by atoms with Gasteiger partial charge in [0.15, 0.2) is 0 Å². The molecule has 2 atom stereocenters. The molecule has 1 aliphatic heterocycles. The summed E-state index contributed by atoms with van der Waals surface area (Å²) in [5.74, 6) is 1.65. The second kappa shape index (κ2) is 5.47. The van der Waals surface area contributed by atoms with Crippen molar-refractivity contribution in [1.82, 2.24) is 10.3 Å². The Kier molecular flexibility index (Phi) is 3.45. The van der Waals surface area contributed by atoms with Crippen molar-refractivity contribution in [2.24, 2.45) is 5.92 Å². The monoisotopic (exact) mass is 296 g/mol. The van der Waals surface area contributed by atoms with Gasteiger partial charge < -0.3 is 15.0 Å². The summed E-state index contributed by atoms with van der Waals surface area (Å²) in [4.78, 5) is 3.69. The number of rotatable bonds is 2. The largest absolute Gasteiger partial charge is 0.497 e. The first-order chi connectivity index (χ1) is 10.8. The Bertz CT molecular complexity index is 728. The normalized spacial score (nSPS) is 24.9. The van der Waals surface area contributed by atoms with Gasteiger partial charge in [-0.25, -0.2) is 0 Å². The molecule has 0 saturated carbocycles. The summed E-state index contributed by atoms with van der Waals surface area (Å²) < 4.78 is 5.40. The van der Waals surface area contributed by atoms with E-state index in [1.807, 2.05) is 6.07 Å². The van der Waals surface area contributed by atoms with Crippen molar-refractivity contribution in [1.29, 1.82) is 0 Å². The minimum atomic E-state index is 0.464. The molecule has 0 amide bonds. The van der Waals surface area contributed by atoms with E-state index in [1.54, 1.807) is 12.7 Å². The van der Waals surface area contributed by atoms with Crippen molar-refractivity contribution in [3.8, 4) is 5.75 Å². The smallest absolute Gasteiger partial charge is 0.119 e. The van der Waals surface area contributed by atoms with E-state index in [9.17, 15) is 0 Å². The third kappa shape index (κ3) is 2.24. The van der Waals surface area contributed by atoms with Gasteiger partial charge in [-0.05, 0) is 68.8 Å². The molecule has 4 rings (SSSR count). The van der Waals surface area contributed by atoms with Gasteiger partial charge in [0.05, 0.1) is 13.2 Å². The minimum absolute atomic E-state index is 0.464. The number of methoxy groups -OCH3 is 1. The summed E-state index contributed by atoms with van der Waals surface area (Å²) >= 11 is 0. The van der Waals surface area contributed by atoms with Gasteiger partial charge in [-0.2, -0.15) is 0 Å². The SMILES string of the molecule is COc1ccc2[nH]c3c(c2c1)CCN[C@H]3[C@@H]1CC=C(C)CC1. The van der Waals surface area contributed by atoms with Crippen LogP contribution in [0, 0.1) is 5.92 Å². The fraction of sp³-hybridized carbons (Fsp3) is 0.474. The first kappa shape index (κ1) is 13.9.